The van der Waals surface area contributed by atoms with Gasteiger partial charge < -0.3 is 5.11 Å². The number of carbonyl (C=O) groups excluding carboxylic acids is 1. The molecule has 2 aromatic carbocycles. The van der Waals surface area contributed by atoms with Crippen LogP contribution in [0.4, 0.5) is 4.39 Å². The van der Waals surface area contributed by atoms with E-state index in [9.17, 15) is 22.4 Å². The summed E-state index contributed by atoms with van der Waals surface area (Å²) in [5.41, 5.74) is 0.708. The van der Waals surface area contributed by atoms with Crippen LogP contribution in [-0.2, 0) is 21.2 Å². The summed E-state index contributed by atoms with van der Waals surface area (Å²) in [4.78, 5) is 29.1. The normalized spacial score (nSPS) is 13.9. The maximum atomic E-state index is 14.7. The van der Waals surface area contributed by atoms with Gasteiger partial charge in [0.15, 0.2) is 15.6 Å². The van der Waals surface area contributed by atoms with Crippen LogP contribution in [0.5, 0.6) is 0 Å². The summed E-state index contributed by atoms with van der Waals surface area (Å²) in [5, 5.41) is 9.19. The number of aryl methyl sites for hydroxylation is 1. The van der Waals surface area contributed by atoms with Crippen molar-refractivity contribution >= 4 is 26.5 Å². The molecule has 3 aromatic rings. The number of rotatable bonds is 7. The molecule has 158 valence electrons. The van der Waals surface area contributed by atoms with Gasteiger partial charge in [-0.05, 0) is 31.0 Å². The molecule has 1 heterocycles. The van der Waals surface area contributed by atoms with Crippen molar-refractivity contribution in [1.29, 1.82) is 0 Å². The van der Waals surface area contributed by atoms with Crippen molar-refractivity contribution in [3.8, 4) is 11.1 Å². The van der Waals surface area contributed by atoms with Gasteiger partial charge in [-0.25, -0.2) is 17.8 Å². The number of carbonyl (C=O) groups is 1. The molecule has 7 nitrogen and oxygen atoms in total. The van der Waals surface area contributed by atoms with E-state index < -0.39 is 38.4 Å². The summed E-state index contributed by atoms with van der Waals surface area (Å²) in [6.07, 6.45) is 1.91. The zero-order valence-electron chi connectivity index (χ0n) is 16.5. The van der Waals surface area contributed by atoms with Gasteiger partial charge >= 0.3 is 0 Å². The van der Waals surface area contributed by atoms with Crippen molar-refractivity contribution < 1.29 is 22.7 Å². The van der Waals surface area contributed by atoms with Crippen LogP contribution in [0.15, 0.2) is 53.6 Å². The third kappa shape index (κ3) is 3.90. The molecule has 0 aliphatic rings. The first-order chi connectivity index (χ1) is 14.1. The summed E-state index contributed by atoms with van der Waals surface area (Å²) in [7, 11) is -3.85. The number of aromatic nitrogens is 2. The van der Waals surface area contributed by atoms with Crippen molar-refractivity contribution in [3.05, 3.63) is 65.0 Å². The van der Waals surface area contributed by atoms with E-state index in [2.05, 4.69) is 4.98 Å². The van der Waals surface area contributed by atoms with Crippen molar-refractivity contribution in [3.63, 3.8) is 0 Å². The van der Waals surface area contributed by atoms with Gasteiger partial charge in [-0.15, -0.1) is 0 Å². The average Bonchev–Trinajstić information content (AvgIpc) is 2.72. The van der Waals surface area contributed by atoms with Crippen molar-refractivity contribution in [1.82, 2.24) is 9.55 Å². The highest BCUT2D eigenvalue weighted by atomic mass is 32.2. The molecule has 0 spiro atoms. The molecule has 3 rings (SSSR count). The number of sulfone groups is 1. The molecule has 0 saturated heterocycles. The molecule has 0 aliphatic heterocycles. The van der Waals surface area contributed by atoms with Crippen LogP contribution in [0.2, 0.25) is 0 Å². The van der Waals surface area contributed by atoms with Crippen LogP contribution in [0.3, 0.4) is 0 Å². The smallest absolute Gasteiger partial charge is 0.261 e. The number of benzene rings is 2. The Labute approximate surface area is 172 Å². The lowest BCUT2D eigenvalue weighted by molar-refractivity contribution is -0.124. The highest BCUT2D eigenvalue weighted by Crippen LogP contribution is 2.26. The molecule has 1 aromatic heterocycles. The quantitative estimate of drug-likeness (QED) is 0.612. The van der Waals surface area contributed by atoms with Crippen LogP contribution in [0.25, 0.3) is 22.0 Å². The Morgan fingerprint density at radius 3 is 2.50 bits per heavy atom. The molecule has 30 heavy (non-hydrogen) atoms. The van der Waals surface area contributed by atoms with Gasteiger partial charge in [-0.3, -0.25) is 14.2 Å². The molecule has 1 N–H and O–H groups in total. The van der Waals surface area contributed by atoms with Gasteiger partial charge in [0, 0.05) is 18.4 Å². The lowest BCUT2D eigenvalue weighted by Gasteiger charge is -2.25. The number of aliphatic hydroxyl groups excluding tert-OH is 1. The van der Waals surface area contributed by atoms with Gasteiger partial charge in [0.05, 0.1) is 17.2 Å². The lowest BCUT2D eigenvalue weighted by Crippen LogP contribution is -2.46. The number of hydrogen-bond acceptors (Lipinski definition) is 6. The Balaban J connectivity index is 2.00. The number of hydrogen-bond donors (Lipinski definition) is 1. The first kappa shape index (κ1) is 21.8. The minimum absolute atomic E-state index is 0.0456. The third-order valence-electron chi connectivity index (χ3n) is 5.38. The number of nitrogens with zero attached hydrogens (tertiary/aromatic N) is 2. The number of fused-ring (bicyclic) bond motifs is 1. The summed E-state index contributed by atoms with van der Waals surface area (Å²) >= 11 is 0. The Hall–Kier alpha value is -2.91. The highest BCUT2D eigenvalue weighted by Gasteiger charge is 2.42. The van der Waals surface area contributed by atoms with Crippen molar-refractivity contribution in [2.45, 2.75) is 24.6 Å². The first-order valence-electron chi connectivity index (χ1n) is 9.16. The van der Waals surface area contributed by atoms with Crippen molar-refractivity contribution in [2.75, 3.05) is 12.9 Å². The van der Waals surface area contributed by atoms with E-state index in [4.69, 9.17) is 5.11 Å². The predicted molar refractivity (Wildman–Crippen MR) is 111 cm³/mol. The molecular weight excluding hydrogens is 411 g/mol. The predicted octanol–water partition coefficient (Wildman–Crippen LogP) is 1.96. The molecular formula is C21H21FN2O5S. The van der Waals surface area contributed by atoms with Crippen LogP contribution in [-0.4, -0.2) is 46.5 Å². The molecule has 9 heteroatoms. The Bertz CT molecular complexity index is 1270. The summed E-state index contributed by atoms with van der Waals surface area (Å²) in [6, 6.07) is 11.4. The van der Waals surface area contributed by atoms with Gasteiger partial charge in [0.25, 0.3) is 5.56 Å². The maximum Gasteiger partial charge on any atom is 0.261 e. The molecule has 0 fully saturated rings. The molecule has 1 atom stereocenters. The first-order valence-corrected chi connectivity index (χ1v) is 11.1. The Kier molecular flexibility index (Phi) is 5.87. The largest absolute Gasteiger partial charge is 0.389 e. The second-order valence-corrected chi connectivity index (χ2v) is 9.74. The summed E-state index contributed by atoms with van der Waals surface area (Å²) in [6.45, 7) is 0.146. The Morgan fingerprint density at radius 1 is 1.23 bits per heavy atom. The minimum atomic E-state index is -3.85. The fourth-order valence-electron chi connectivity index (χ4n) is 3.21. The molecule has 0 aliphatic carbocycles. The molecule has 0 saturated carbocycles. The minimum Gasteiger partial charge on any atom is -0.389 e. The van der Waals surface area contributed by atoms with E-state index in [0.29, 0.717) is 16.6 Å². The number of Topliss-reactive ketones (excluding diaryl/α,β-unsaturated/α-hetero) is 1. The van der Waals surface area contributed by atoms with Gasteiger partial charge in [0.2, 0.25) is 0 Å². The van der Waals surface area contributed by atoms with E-state index in [1.54, 1.807) is 24.3 Å². The van der Waals surface area contributed by atoms with Gasteiger partial charge in [-0.2, -0.15) is 0 Å². The lowest BCUT2D eigenvalue weighted by atomic mass is 10.0. The zero-order chi connectivity index (χ0) is 22.1. The Morgan fingerprint density at radius 2 is 1.90 bits per heavy atom. The van der Waals surface area contributed by atoms with Crippen LogP contribution < -0.4 is 5.56 Å². The van der Waals surface area contributed by atoms with E-state index in [1.165, 1.54) is 19.3 Å². The molecule has 0 bridgehead atoms. The van der Waals surface area contributed by atoms with E-state index >= 15 is 0 Å². The second-order valence-electron chi connectivity index (χ2n) is 7.29. The van der Waals surface area contributed by atoms with Crippen LogP contribution >= 0.6 is 0 Å². The van der Waals surface area contributed by atoms with E-state index in [0.717, 1.165) is 16.9 Å². The number of ketones is 1. The fourth-order valence-corrected chi connectivity index (χ4v) is 4.15. The average molecular weight is 432 g/mol. The van der Waals surface area contributed by atoms with E-state index in [1.807, 2.05) is 6.07 Å². The van der Waals surface area contributed by atoms with Gasteiger partial charge in [-0.1, -0.05) is 30.3 Å². The molecule has 0 radical (unpaired) electrons. The highest BCUT2D eigenvalue weighted by molar-refractivity contribution is 7.92. The number of halogens is 1. The second kappa shape index (κ2) is 8.08. The van der Waals surface area contributed by atoms with Crippen LogP contribution in [0, 0.1) is 5.82 Å². The third-order valence-corrected chi connectivity index (χ3v) is 7.45. The maximum absolute atomic E-state index is 14.7. The fraction of sp³-hybridized carbons (Fsp3) is 0.286. The zero-order valence-corrected chi connectivity index (χ0v) is 17.3. The summed E-state index contributed by atoms with van der Waals surface area (Å²) in [5.74, 6) is -1.44. The van der Waals surface area contributed by atoms with E-state index in [-0.39, 0.29) is 18.4 Å². The number of aliphatic hydroxyl groups is 1. The van der Waals surface area contributed by atoms with Gasteiger partial charge in [0.1, 0.15) is 17.2 Å². The van der Waals surface area contributed by atoms with Crippen LogP contribution in [0.1, 0.15) is 13.3 Å². The molecule has 0 amide bonds. The van der Waals surface area contributed by atoms with Crippen molar-refractivity contribution in [2.24, 2.45) is 0 Å². The topological polar surface area (TPSA) is 106 Å². The summed E-state index contributed by atoms with van der Waals surface area (Å²) < 4.78 is 38.2. The monoisotopic (exact) mass is 432 g/mol. The molecule has 0 unspecified atom stereocenters. The SMILES string of the molecule is C[C@](CCn1cnc2cc(-c3ccccc3)c(F)cc2c1=O)(C(=O)CO)S(C)(=O)=O. The standard InChI is InChI=1S/C21H21FN2O5S/c1-21(19(26)12-25,30(2,28)29)8-9-24-13-23-18-11-15(14-6-4-3-5-7-14)17(22)10-16(18)20(24)27/h3-7,10-11,13,25H,8-9,12H2,1-2H3/t21-/m0/s1.